The number of halogens is 3. The summed E-state index contributed by atoms with van der Waals surface area (Å²) in [6.07, 6.45) is 1.48. The molecule has 0 saturated carbocycles. The number of ether oxygens (including phenoxy) is 2. The van der Waals surface area contributed by atoms with Gasteiger partial charge in [-0.25, -0.2) is 8.78 Å². The lowest BCUT2D eigenvalue weighted by atomic mass is 10.1. The highest BCUT2D eigenvalue weighted by atomic mass is 79.9. The molecular formula is C9H11BrF2N2O2. The molecule has 1 unspecified atom stereocenters. The van der Waals surface area contributed by atoms with E-state index in [2.05, 4.69) is 21.0 Å². The number of rotatable bonds is 3. The summed E-state index contributed by atoms with van der Waals surface area (Å²) in [7, 11) is 1.73. The molecule has 0 N–H and O–H groups in total. The van der Waals surface area contributed by atoms with Crippen molar-refractivity contribution in [1.29, 1.82) is 0 Å². The predicted octanol–water partition coefficient (Wildman–Crippen LogP) is 1.84. The van der Waals surface area contributed by atoms with Gasteiger partial charge in [0.1, 0.15) is 11.2 Å². The Morgan fingerprint density at radius 2 is 2.50 bits per heavy atom. The van der Waals surface area contributed by atoms with Gasteiger partial charge >= 0.3 is 0 Å². The third kappa shape index (κ3) is 2.20. The van der Waals surface area contributed by atoms with Gasteiger partial charge in [-0.3, -0.25) is 4.68 Å². The summed E-state index contributed by atoms with van der Waals surface area (Å²) in [4.78, 5) is 0. The lowest BCUT2D eigenvalue weighted by Gasteiger charge is -2.16. The molecule has 2 heterocycles. The zero-order chi connectivity index (χ0) is 11.8. The van der Waals surface area contributed by atoms with Crippen molar-refractivity contribution in [2.75, 3.05) is 19.8 Å². The molecule has 16 heavy (non-hydrogen) atoms. The average molecular weight is 297 g/mol. The molecule has 7 heteroatoms. The fraction of sp³-hybridized carbons (Fsp3) is 0.667. The highest BCUT2D eigenvalue weighted by Crippen LogP contribution is 2.32. The number of nitrogens with zero attached hydrogens (tertiary/aromatic N) is 2. The highest BCUT2D eigenvalue weighted by Gasteiger charge is 2.45. The van der Waals surface area contributed by atoms with Gasteiger partial charge in [-0.05, 0) is 15.9 Å². The fourth-order valence-corrected chi connectivity index (χ4v) is 1.75. The van der Waals surface area contributed by atoms with Gasteiger partial charge in [-0.15, -0.1) is 0 Å². The van der Waals surface area contributed by atoms with E-state index in [0.717, 1.165) is 0 Å². The molecule has 2 rings (SSSR count). The smallest absolute Gasteiger partial charge is 0.279 e. The minimum absolute atomic E-state index is 0.0326. The first-order valence-electron chi connectivity index (χ1n) is 4.76. The third-order valence-corrected chi connectivity index (χ3v) is 3.39. The average Bonchev–Trinajstić information content (AvgIpc) is 2.70. The molecule has 0 aromatic carbocycles. The van der Waals surface area contributed by atoms with E-state index < -0.39 is 18.4 Å². The van der Waals surface area contributed by atoms with Crippen LogP contribution in [-0.2, 0) is 11.8 Å². The zero-order valence-corrected chi connectivity index (χ0v) is 10.2. The maximum atomic E-state index is 13.2. The zero-order valence-electron chi connectivity index (χ0n) is 8.62. The lowest BCUT2D eigenvalue weighted by Crippen LogP contribution is -2.31. The van der Waals surface area contributed by atoms with Crippen LogP contribution in [0.4, 0.5) is 8.78 Å². The molecule has 0 bridgehead atoms. The van der Waals surface area contributed by atoms with Gasteiger partial charge in [-0.2, -0.15) is 5.10 Å². The Hall–Kier alpha value is -0.690. The fourth-order valence-electron chi connectivity index (χ4n) is 1.44. The highest BCUT2D eigenvalue weighted by molar-refractivity contribution is 9.10. The third-order valence-electron chi connectivity index (χ3n) is 2.49. The Morgan fingerprint density at radius 3 is 3.00 bits per heavy atom. The summed E-state index contributed by atoms with van der Waals surface area (Å²) in [5.41, 5.74) is 0. The summed E-state index contributed by atoms with van der Waals surface area (Å²) in [5, 5.41) is 3.92. The maximum absolute atomic E-state index is 13.2. The molecule has 0 spiro atoms. The molecule has 1 aromatic rings. The molecule has 1 aliphatic rings. The molecule has 0 amide bonds. The topological polar surface area (TPSA) is 36.3 Å². The van der Waals surface area contributed by atoms with Crippen LogP contribution in [0.15, 0.2) is 10.8 Å². The van der Waals surface area contributed by atoms with Crippen LogP contribution in [0.1, 0.15) is 0 Å². The van der Waals surface area contributed by atoms with Gasteiger partial charge in [0, 0.05) is 7.05 Å². The van der Waals surface area contributed by atoms with Crippen molar-refractivity contribution in [1.82, 2.24) is 9.78 Å². The van der Waals surface area contributed by atoms with Crippen molar-refractivity contribution in [2.45, 2.75) is 5.92 Å². The van der Waals surface area contributed by atoms with Crippen molar-refractivity contribution in [3.63, 3.8) is 0 Å². The van der Waals surface area contributed by atoms with E-state index in [1.807, 2.05) is 0 Å². The second-order valence-electron chi connectivity index (χ2n) is 3.71. The second-order valence-corrected chi connectivity index (χ2v) is 4.46. The van der Waals surface area contributed by atoms with Gasteiger partial charge in [-0.1, -0.05) is 0 Å². The van der Waals surface area contributed by atoms with Crippen molar-refractivity contribution >= 4 is 15.9 Å². The lowest BCUT2D eigenvalue weighted by molar-refractivity contribution is -0.0470. The summed E-state index contributed by atoms with van der Waals surface area (Å²) in [6.45, 7) is -0.558. The Balaban J connectivity index is 1.95. The predicted molar refractivity (Wildman–Crippen MR) is 55.7 cm³/mol. The monoisotopic (exact) mass is 296 g/mol. The summed E-state index contributed by atoms with van der Waals surface area (Å²) in [6, 6.07) is 0. The minimum atomic E-state index is -2.80. The molecular weight excluding hydrogens is 286 g/mol. The molecule has 0 aliphatic carbocycles. The van der Waals surface area contributed by atoms with Crippen LogP contribution in [0.25, 0.3) is 0 Å². The van der Waals surface area contributed by atoms with Crippen molar-refractivity contribution in [3.05, 3.63) is 10.8 Å². The van der Waals surface area contributed by atoms with Crippen LogP contribution in [0.5, 0.6) is 5.75 Å². The molecule has 1 saturated heterocycles. The number of hydrogen-bond acceptors (Lipinski definition) is 3. The molecule has 0 radical (unpaired) electrons. The summed E-state index contributed by atoms with van der Waals surface area (Å²) < 4.78 is 38.6. The van der Waals surface area contributed by atoms with E-state index in [9.17, 15) is 8.78 Å². The number of aryl methyl sites for hydroxylation is 1. The molecule has 1 fully saturated rings. The van der Waals surface area contributed by atoms with Crippen LogP contribution in [0.2, 0.25) is 0 Å². The quantitative estimate of drug-likeness (QED) is 0.854. The minimum Gasteiger partial charge on any atom is -0.488 e. The van der Waals surface area contributed by atoms with E-state index in [4.69, 9.17) is 9.47 Å². The van der Waals surface area contributed by atoms with E-state index in [1.165, 1.54) is 6.20 Å². The Morgan fingerprint density at radius 1 is 1.75 bits per heavy atom. The molecule has 1 atom stereocenters. The van der Waals surface area contributed by atoms with Gasteiger partial charge in [0.05, 0.1) is 25.3 Å². The van der Waals surface area contributed by atoms with Crippen LogP contribution < -0.4 is 4.74 Å². The van der Waals surface area contributed by atoms with Crippen molar-refractivity contribution in [2.24, 2.45) is 13.0 Å². The van der Waals surface area contributed by atoms with Crippen LogP contribution in [-0.4, -0.2) is 35.5 Å². The van der Waals surface area contributed by atoms with Crippen LogP contribution in [0.3, 0.4) is 0 Å². The van der Waals surface area contributed by atoms with Gasteiger partial charge in [0.15, 0.2) is 5.75 Å². The standard InChI is InChI=1S/C9H11BrF2N2O2/c1-14-8(10)7(2-13-14)16-4-6-3-15-5-9(6,11)12/h2,6H,3-5H2,1H3. The van der Waals surface area contributed by atoms with Crippen molar-refractivity contribution in [3.8, 4) is 5.75 Å². The number of hydrogen-bond donors (Lipinski definition) is 0. The first-order chi connectivity index (χ1) is 7.50. The van der Waals surface area contributed by atoms with Crippen LogP contribution >= 0.6 is 15.9 Å². The summed E-state index contributed by atoms with van der Waals surface area (Å²) >= 11 is 3.25. The van der Waals surface area contributed by atoms with E-state index >= 15 is 0 Å². The number of alkyl halides is 2. The first kappa shape index (κ1) is 11.8. The first-order valence-corrected chi connectivity index (χ1v) is 5.56. The van der Waals surface area contributed by atoms with E-state index in [1.54, 1.807) is 11.7 Å². The SMILES string of the molecule is Cn1ncc(OCC2COCC2(F)F)c1Br. The Labute approximate surface area is 99.6 Å². The molecule has 4 nitrogen and oxygen atoms in total. The summed E-state index contributed by atoms with van der Waals surface area (Å²) in [5.74, 6) is -3.22. The Kier molecular flexibility index (Phi) is 3.16. The van der Waals surface area contributed by atoms with E-state index in [-0.39, 0.29) is 13.2 Å². The number of aromatic nitrogens is 2. The molecule has 1 aromatic heterocycles. The van der Waals surface area contributed by atoms with Gasteiger partial charge in [0.25, 0.3) is 5.92 Å². The Bertz CT molecular complexity index is 384. The van der Waals surface area contributed by atoms with Crippen LogP contribution in [0, 0.1) is 5.92 Å². The second kappa shape index (κ2) is 4.29. The normalized spacial score (nSPS) is 23.6. The largest absolute Gasteiger partial charge is 0.488 e. The van der Waals surface area contributed by atoms with Crippen molar-refractivity contribution < 1.29 is 18.3 Å². The maximum Gasteiger partial charge on any atom is 0.279 e. The molecule has 90 valence electrons. The van der Waals surface area contributed by atoms with Gasteiger partial charge in [0.2, 0.25) is 0 Å². The van der Waals surface area contributed by atoms with E-state index in [0.29, 0.717) is 10.4 Å². The molecule has 1 aliphatic heterocycles. The van der Waals surface area contributed by atoms with Gasteiger partial charge < -0.3 is 9.47 Å².